The molecule has 3 nitrogen and oxygen atoms in total. The van der Waals surface area contributed by atoms with Crippen molar-refractivity contribution < 1.29 is 0 Å². The summed E-state index contributed by atoms with van der Waals surface area (Å²) in [6.45, 7) is 8.66. The first kappa shape index (κ1) is 10.6. The molecule has 0 aromatic carbocycles. The maximum absolute atomic E-state index is 4.48. The Morgan fingerprint density at radius 1 is 1.27 bits per heavy atom. The van der Waals surface area contributed by atoms with Crippen molar-refractivity contribution in [2.24, 2.45) is 0 Å². The normalized spacial score (nSPS) is 21.9. The summed E-state index contributed by atoms with van der Waals surface area (Å²) in [6.07, 6.45) is 5.11. The van der Waals surface area contributed by atoms with Gasteiger partial charge in [0.15, 0.2) is 0 Å². The van der Waals surface area contributed by atoms with Gasteiger partial charge in [0.2, 0.25) is 0 Å². The average molecular weight is 205 g/mol. The molecule has 1 aliphatic heterocycles. The zero-order valence-corrected chi connectivity index (χ0v) is 9.75. The van der Waals surface area contributed by atoms with Crippen molar-refractivity contribution in [3.63, 3.8) is 0 Å². The highest BCUT2D eigenvalue weighted by molar-refractivity contribution is 5.16. The second-order valence-corrected chi connectivity index (χ2v) is 5.27. The van der Waals surface area contributed by atoms with Crippen LogP contribution in [-0.4, -0.2) is 23.1 Å². The van der Waals surface area contributed by atoms with E-state index in [0.717, 1.165) is 25.3 Å². The zero-order valence-electron chi connectivity index (χ0n) is 9.75. The lowest BCUT2D eigenvalue weighted by atomic mass is 9.89. The van der Waals surface area contributed by atoms with Crippen molar-refractivity contribution in [2.45, 2.75) is 38.5 Å². The fraction of sp³-hybridized carbons (Fsp3) is 0.667. The average Bonchev–Trinajstić information content (AvgIpc) is 2.69. The number of nitrogens with zero attached hydrogens (tertiary/aromatic N) is 2. The van der Waals surface area contributed by atoms with Crippen molar-refractivity contribution in [1.29, 1.82) is 0 Å². The molecule has 15 heavy (non-hydrogen) atoms. The first-order chi connectivity index (χ1) is 7.07. The molecule has 1 aromatic rings. The molecule has 1 unspecified atom stereocenters. The van der Waals surface area contributed by atoms with Crippen LogP contribution in [0.2, 0.25) is 0 Å². The van der Waals surface area contributed by atoms with Crippen molar-refractivity contribution in [3.8, 4) is 0 Å². The summed E-state index contributed by atoms with van der Waals surface area (Å²) in [7, 11) is 0. The summed E-state index contributed by atoms with van der Waals surface area (Å²) in [5, 5.41) is 3.34. The lowest BCUT2D eigenvalue weighted by molar-refractivity contribution is 0.578. The number of hydrogen-bond donors (Lipinski definition) is 1. The Balaban J connectivity index is 2.16. The monoisotopic (exact) mass is 205 g/mol. The maximum atomic E-state index is 4.48. The molecule has 82 valence electrons. The quantitative estimate of drug-likeness (QED) is 0.760. The van der Waals surface area contributed by atoms with Crippen LogP contribution in [0.15, 0.2) is 12.4 Å². The van der Waals surface area contributed by atoms with Gasteiger partial charge in [0, 0.05) is 24.9 Å². The summed E-state index contributed by atoms with van der Waals surface area (Å²) in [5.74, 6) is 1.51. The van der Waals surface area contributed by atoms with E-state index in [-0.39, 0.29) is 5.41 Å². The van der Waals surface area contributed by atoms with Gasteiger partial charge in [0.25, 0.3) is 0 Å². The van der Waals surface area contributed by atoms with E-state index in [4.69, 9.17) is 0 Å². The van der Waals surface area contributed by atoms with Gasteiger partial charge in [-0.25, -0.2) is 9.97 Å². The molecule has 0 bridgehead atoms. The van der Waals surface area contributed by atoms with Gasteiger partial charge < -0.3 is 5.32 Å². The van der Waals surface area contributed by atoms with Crippen molar-refractivity contribution >= 4 is 0 Å². The number of nitrogens with one attached hydrogen (secondary N) is 1. The Labute approximate surface area is 91.3 Å². The van der Waals surface area contributed by atoms with E-state index in [1.54, 1.807) is 0 Å². The van der Waals surface area contributed by atoms with Gasteiger partial charge in [-0.3, -0.25) is 0 Å². The maximum Gasteiger partial charge on any atom is 0.132 e. The van der Waals surface area contributed by atoms with Crippen LogP contribution in [0.4, 0.5) is 0 Å². The van der Waals surface area contributed by atoms with E-state index in [1.165, 1.54) is 5.56 Å². The highest BCUT2D eigenvalue weighted by atomic mass is 14.9. The van der Waals surface area contributed by atoms with Gasteiger partial charge in [-0.05, 0) is 23.9 Å². The second kappa shape index (κ2) is 3.89. The largest absolute Gasteiger partial charge is 0.316 e. The summed E-state index contributed by atoms with van der Waals surface area (Å²) in [6, 6.07) is 0. The lowest BCUT2D eigenvalue weighted by Crippen LogP contribution is -2.14. The van der Waals surface area contributed by atoms with Gasteiger partial charge in [-0.2, -0.15) is 0 Å². The SMILES string of the molecule is CC(C)(C)c1cnc(C2CCNC2)nc1. The Morgan fingerprint density at radius 2 is 1.93 bits per heavy atom. The fourth-order valence-electron chi connectivity index (χ4n) is 1.81. The van der Waals surface area contributed by atoms with Gasteiger partial charge in [0.1, 0.15) is 5.82 Å². The Hall–Kier alpha value is -0.960. The minimum Gasteiger partial charge on any atom is -0.316 e. The summed E-state index contributed by atoms with van der Waals surface area (Å²) in [5.41, 5.74) is 1.35. The highest BCUT2D eigenvalue weighted by Crippen LogP contribution is 2.23. The van der Waals surface area contributed by atoms with Crippen LogP contribution in [0.1, 0.15) is 44.5 Å². The van der Waals surface area contributed by atoms with E-state index in [9.17, 15) is 0 Å². The number of hydrogen-bond acceptors (Lipinski definition) is 3. The van der Waals surface area contributed by atoms with Crippen LogP contribution in [0.5, 0.6) is 0 Å². The molecule has 1 aliphatic rings. The minimum absolute atomic E-state index is 0.145. The molecule has 3 heteroatoms. The van der Waals surface area contributed by atoms with Gasteiger partial charge in [-0.15, -0.1) is 0 Å². The van der Waals surface area contributed by atoms with Crippen LogP contribution in [0.25, 0.3) is 0 Å². The number of aromatic nitrogens is 2. The molecule has 2 rings (SSSR count). The smallest absolute Gasteiger partial charge is 0.132 e. The third-order valence-electron chi connectivity index (χ3n) is 2.96. The summed E-state index contributed by atoms with van der Waals surface area (Å²) >= 11 is 0. The predicted molar refractivity (Wildman–Crippen MR) is 61.0 cm³/mol. The van der Waals surface area contributed by atoms with Gasteiger partial charge >= 0.3 is 0 Å². The Bertz CT molecular complexity index is 318. The van der Waals surface area contributed by atoms with Crippen LogP contribution < -0.4 is 5.32 Å². The molecule has 1 atom stereocenters. The van der Waals surface area contributed by atoms with E-state index in [1.807, 2.05) is 12.4 Å². The lowest BCUT2D eigenvalue weighted by Gasteiger charge is -2.18. The molecule has 0 aliphatic carbocycles. The molecular formula is C12H19N3. The van der Waals surface area contributed by atoms with Gasteiger partial charge in [-0.1, -0.05) is 20.8 Å². The van der Waals surface area contributed by atoms with Crippen molar-refractivity contribution in [1.82, 2.24) is 15.3 Å². The molecule has 0 spiro atoms. The van der Waals surface area contributed by atoms with Crippen LogP contribution in [0, 0.1) is 0 Å². The molecule has 1 saturated heterocycles. The standard InChI is InChI=1S/C12H19N3/c1-12(2,3)10-7-14-11(15-8-10)9-4-5-13-6-9/h7-9,13H,4-6H2,1-3H3. The van der Waals surface area contributed by atoms with Crippen LogP contribution in [0.3, 0.4) is 0 Å². The topological polar surface area (TPSA) is 37.8 Å². The molecule has 0 radical (unpaired) electrons. The third-order valence-corrected chi connectivity index (χ3v) is 2.96. The van der Waals surface area contributed by atoms with Crippen LogP contribution in [-0.2, 0) is 5.41 Å². The Kier molecular flexibility index (Phi) is 2.74. The van der Waals surface area contributed by atoms with E-state index < -0.39 is 0 Å². The zero-order chi connectivity index (χ0) is 10.9. The molecule has 1 fully saturated rings. The van der Waals surface area contributed by atoms with E-state index in [2.05, 4.69) is 36.1 Å². The van der Waals surface area contributed by atoms with Crippen LogP contribution >= 0.6 is 0 Å². The molecule has 1 aromatic heterocycles. The van der Waals surface area contributed by atoms with E-state index in [0.29, 0.717) is 5.92 Å². The third kappa shape index (κ3) is 2.34. The summed E-state index contributed by atoms with van der Waals surface area (Å²) < 4.78 is 0. The van der Waals surface area contributed by atoms with E-state index >= 15 is 0 Å². The molecule has 1 N–H and O–H groups in total. The first-order valence-electron chi connectivity index (χ1n) is 5.60. The Morgan fingerprint density at radius 3 is 2.40 bits per heavy atom. The van der Waals surface area contributed by atoms with Crippen molar-refractivity contribution in [3.05, 3.63) is 23.8 Å². The fourth-order valence-corrected chi connectivity index (χ4v) is 1.81. The molecule has 0 saturated carbocycles. The molecule has 2 heterocycles. The minimum atomic E-state index is 0.145. The molecule has 0 amide bonds. The van der Waals surface area contributed by atoms with Crippen molar-refractivity contribution in [2.75, 3.05) is 13.1 Å². The molecular weight excluding hydrogens is 186 g/mol. The first-order valence-corrected chi connectivity index (χ1v) is 5.60. The second-order valence-electron chi connectivity index (χ2n) is 5.27. The number of rotatable bonds is 1. The predicted octanol–water partition coefficient (Wildman–Crippen LogP) is 1.85. The highest BCUT2D eigenvalue weighted by Gasteiger charge is 2.20. The summed E-state index contributed by atoms with van der Waals surface area (Å²) in [4.78, 5) is 8.95. The van der Waals surface area contributed by atoms with Gasteiger partial charge in [0.05, 0.1) is 0 Å².